The van der Waals surface area contributed by atoms with Gasteiger partial charge >= 0.3 is 0 Å². The molecule has 0 saturated carbocycles. The Hall–Kier alpha value is -8.19. The third-order valence-corrected chi connectivity index (χ3v) is 13.6. The molecule has 63 heavy (non-hydrogen) atoms. The fourth-order valence-corrected chi connectivity index (χ4v) is 10.9. The van der Waals surface area contributed by atoms with Crippen LogP contribution in [0.4, 0.5) is 0 Å². The topological polar surface area (TPSA) is 48.5 Å². The predicted octanol–water partition coefficient (Wildman–Crippen LogP) is 15.1. The van der Waals surface area contributed by atoms with Gasteiger partial charge in [-0.05, 0) is 59.2 Å². The number of hydrogen-bond acceptors (Lipinski definition) is 4. The summed E-state index contributed by atoms with van der Waals surface area (Å²) in [5.41, 5.74) is 11.9. The fourth-order valence-electron chi connectivity index (χ4n) is 9.65. The summed E-state index contributed by atoms with van der Waals surface area (Å²) < 4.78 is 7.11. The minimum Gasteiger partial charge on any atom is -0.309 e. The first-order valence-corrected chi connectivity index (χ1v) is 22.0. The van der Waals surface area contributed by atoms with Crippen molar-refractivity contribution >= 4 is 75.1 Å². The van der Waals surface area contributed by atoms with Crippen LogP contribution in [0.1, 0.15) is 0 Å². The monoisotopic (exact) mass is 821 g/mol. The standard InChI is InChI=1S/C57H35N5S/c1-3-18-36(19-4-1)39-28-17-32-51-53(39)45-27-11-15-31-50(45)62(51)57-59-55(37-20-5-2-6-21-37)58-56(60-57)44-26-8-7-22-40(44)46-34-38(35-47-43-25-12-16-33-52(43)63-54(46)47)61-48-29-13-9-23-41(48)42-24-10-14-30-49(42)61/h1-35H. The van der Waals surface area contributed by atoms with Gasteiger partial charge in [-0.2, -0.15) is 9.97 Å². The molecule has 9 aromatic carbocycles. The van der Waals surface area contributed by atoms with Crippen molar-refractivity contribution in [2.45, 2.75) is 0 Å². The zero-order valence-corrected chi connectivity index (χ0v) is 34.7. The molecule has 294 valence electrons. The van der Waals surface area contributed by atoms with Gasteiger partial charge in [-0.3, -0.25) is 4.57 Å². The lowest BCUT2D eigenvalue weighted by Crippen LogP contribution is -2.07. The first kappa shape index (κ1) is 35.6. The maximum atomic E-state index is 5.48. The van der Waals surface area contributed by atoms with E-state index in [-0.39, 0.29) is 0 Å². The Morgan fingerprint density at radius 3 is 1.60 bits per heavy atom. The van der Waals surface area contributed by atoms with E-state index in [2.05, 4.69) is 203 Å². The predicted molar refractivity (Wildman–Crippen MR) is 263 cm³/mol. The van der Waals surface area contributed by atoms with Gasteiger partial charge in [0.1, 0.15) is 0 Å². The van der Waals surface area contributed by atoms with Crippen LogP contribution in [0.2, 0.25) is 0 Å². The molecule has 0 aliphatic carbocycles. The van der Waals surface area contributed by atoms with Gasteiger partial charge in [-0.15, -0.1) is 11.3 Å². The molecule has 0 N–H and O–H groups in total. The van der Waals surface area contributed by atoms with Crippen LogP contribution < -0.4 is 0 Å². The zero-order valence-electron chi connectivity index (χ0n) is 33.9. The second-order valence-corrected chi connectivity index (χ2v) is 17.0. The van der Waals surface area contributed by atoms with E-state index in [1.165, 1.54) is 47.5 Å². The molecule has 0 unspecified atom stereocenters. The van der Waals surface area contributed by atoms with Gasteiger partial charge in [-0.25, -0.2) is 4.98 Å². The molecule has 0 bridgehead atoms. The quantitative estimate of drug-likeness (QED) is 0.168. The molecule has 6 heteroatoms. The summed E-state index contributed by atoms with van der Waals surface area (Å²) >= 11 is 1.84. The SMILES string of the molecule is c1ccc(-c2nc(-c3ccccc3-c3cc(-n4c5ccccc5c5ccccc54)cc4c3sc3ccccc34)nc(-n3c4ccccc4c4c(-c5ccccc5)cccc43)n2)cc1. The lowest BCUT2D eigenvalue weighted by Gasteiger charge is -2.16. The van der Waals surface area contributed by atoms with Crippen LogP contribution in [-0.2, 0) is 0 Å². The summed E-state index contributed by atoms with van der Waals surface area (Å²) in [7, 11) is 0. The highest BCUT2D eigenvalue weighted by Crippen LogP contribution is 2.46. The summed E-state index contributed by atoms with van der Waals surface area (Å²) in [4.78, 5) is 16.1. The Balaban J connectivity index is 1.09. The van der Waals surface area contributed by atoms with Gasteiger partial charge in [0, 0.05) is 64.1 Å². The summed E-state index contributed by atoms with van der Waals surface area (Å²) in [5.74, 6) is 1.79. The molecule has 0 spiro atoms. The van der Waals surface area contributed by atoms with E-state index >= 15 is 0 Å². The van der Waals surface area contributed by atoms with Gasteiger partial charge in [0.25, 0.3) is 0 Å². The van der Waals surface area contributed by atoms with Gasteiger partial charge in [0.2, 0.25) is 5.95 Å². The Kier molecular flexibility index (Phi) is 8.01. The average Bonchev–Trinajstić information content (AvgIpc) is 4.02. The zero-order chi connectivity index (χ0) is 41.4. The van der Waals surface area contributed by atoms with E-state index in [1.54, 1.807) is 0 Å². The number of para-hydroxylation sites is 3. The second-order valence-electron chi connectivity index (χ2n) is 16.0. The summed E-state index contributed by atoms with van der Waals surface area (Å²) in [6.45, 7) is 0. The first-order chi connectivity index (χ1) is 31.3. The molecule has 0 radical (unpaired) electrons. The Morgan fingerprint density at radius 2 is 0.873 bits per heavy atom. The van der Waals surface area contributed by atoms with Crippen LogP contribution in [0, 0.1) is 0 Å². The van der Waals surface area contributed by atoms with Crippen LogP contribution in [0.25, 0.3) is 120 Å². The maximum absolute atomic E-state index is 5.48. The summed E-state index contributed by atoms with van der Waals surface area (Å²) in [6.07, 6.45) is 0. The van der Waals surface area contributed by atoms with Crippen LogP contribution in [0.5, 0.6) is 0 Å². The van der Waals surface area contributed by atoms with Crippen LogP contribution in [-0.4, -0.2) is 24.1 Å². The lowest BCUT2D eigenvalue weighted by molar-refractivity contribution is 0.954. The van der Waals surface area contributed by atoms with E-state index in [1.807, 2.05) is 29.5 Å². The van der Waals surface area contributed by atoms with E-state index in [9.17, 15) is 0 Å². The van der Waals surface area contributed by atoms with Crippen molar-refractivity contribution in [1.82, 2.24) is 24.1 Å². The lowest BCUT2D eigenvalue weighted by atomic mass is 9.96. The van der Waals surface area contributed by atoms with Crippen LogP contribution >= 0.6 is 11.3 Å². The third kappa shape index (κ3) is 5.59. The van der Waals surface area contributed by atoms with Gasteiger partial charge in [-0.1, -0.05) is 170 Å². The molecule has 0 amide bonds. The number of aromatic nitrogens is 5. The van der Waals surface area contributed by atoms with Crippen molar-refractivity contribution in [2.24, 2.45) is 0 Å². The fraction of sp³-hybridized carbons (Fsp3) is 0. The Labute approximate surface area is 366 Å². The van der Waals surface area contributed by atoms with Gasteiger partial charge in [0.05, 0.1) is 22.1 Å². The van der Waals surface area contributed by atoms with Crippen molar-refractivity contribution < 1.29 is 0 Å². The third-order valence-electron chi connectivity index (χ3n) is 12.4. The minimum absolute atomic E-state index is 0.566. The normalized spacial score (nSPS) is 11.8. The molecule has 0 fully saturated rings. The molecule has 0 atom stereocenters. The number of thiophene rings is 1. The van der Waals surface area contributed by atoms with Gasteiger partial charge in [0.15, 0.2) is 11.6 Å². The molecule has 4 heterocycles. The van der Waals surface area contributed by atoms with Crippen LogP contribution in [0.15, 0.2) is 212 Å². The Morgan fingerprint density at radius 1 is 0.333 bits per heavy atom. The smallest absolute Gasteiger partial charge is 0.238 e. The largest absolute Gasteiger partial charge is 0.309 e. The second kappa shape index (κ2) is 14.2. The number of benzene rings is 9. The van der Waals surface area contributed by atoms with Crippen molar-refractivity contribution in [2.75, 3.05) is 0 Å². The first-order valence-electron chi connectivity index (χ1n) is 21.2. The van der Waals surface area contributed by atoms with E-state index in [0.717, 1.165) is 55.3 Å². The number of fused-ring (bicyclic) bond motifs is 9. The van der Waals surface area contributed by atoms with E-state index in [0.29, 0.717) is 17.6 Å². The van der Waals surface area contributed by atoms with Crippen LogP contribution in [0.3, 0.4) is 0 Å². The molecule has 5 nitrogen and oxygen atoms in total. The van der Waals surface area contributed by atoms with Gasteiger partial charge < -0.3 is 4.57 Å². The number of hydrogen-bond donors (Lipinski definition) is 0. The number of rotatable bonds is 6. The van der Waals surface area contributed by atoms with Crippen molar-refractivity contribution in [3.05, 3.63) is 212 Å². The Bertz CT molecular complexity index is 3860. The molecule has 4 aromatic heterocycles. The van der Waals surface area contributed by atoms with Crippen molar-refractivity contribution in [1.29, 1.82) is 0 Å². The van der Waals surface area contributed by atoms with E-state index in [4.69, 9.17) is 15.0 Å². The van der Waals surface area contributed by atoms with E-state index < -0.39 is 0 Å². The molecular formula is C57H35N5S. The average molecular weight is 822 g/mol. The highest BCUT2D eigenvalue weighted by Gasteiger charge is 2.23. The van der Waals surface area contributed by atoms with Crippen molar-refractivity contribution in [3.63, 3.8) is 0 Å². The summed E-state index contributed by atoms with van der Waals surface area (Å²) in [5, 5.41) is 7.24. The summed E-state index contributed by atoms with van der Waals surface area (Å²) in [6, 6.07) is 75.5. The molecule has 0 saturated heterocycles. The molecule has 0 aliphatic rings. The number of nitrogens with zero attached hydrogens (tertiary/aromatic N) is 5. The molecule has 13 rings (SSSR count). The molecular weight excluding hydrogens is 787 g/mol. The maximum Gasteiger partial charge on any atom is 0.238 e. The highest BCUT2D eigenvalue weighted by molar-refractivity contribution is 7.26. The molecule has 0 aliphatic heterocycles. The van der Waals surface area contributed by atoms with Crippen molar-refractivity contribution in [3.8, 4) is 56.7 Å². The minimum atomic E-state index is 0.566. The molecule has 13 aromatic rings. The highest BCUT2D eigenvalue weighted by atomic mass is 32.1.